The molecule has 0 spiro atoms. The fraction of sp³-hybridized carbons (Fsp3) is 0.684. The molecule has 4 aliphatic rings. The van der Waals surface area contributed by atoms with E-state index in [1.54, 1.807) is 29.2 Å². The number of rotatable bonds is 19. The number of nitrogens with zero attached hydrogens (tertiary/aromatic N) is 2. The van der Waals surface area contributed by atoms with Crippen molar-refractivity contribution in [1.82, 2.24) is 4.90 Å². The van der Waals surface area contributed by atoms with Crippen LogP contribution in [0, 0.1) is 17.8 Å². The minimum absolute atomic E-state index is 0.0298. The lowest BCUT2D eigenvalue weighted by Gasteiger charge is -2.59. The molecule has 13 heteroatoms. The lowest BCUT2D eigenvalue weighted by molar-refractivity contribution is -0.256. The van der Waals surface area contributed by atoms with Crippen LogP contribution in [0.2, 0.25) is 0 Å². The van der Waals surface area contributed by atoms with Gasteiger partial charge in [-0.05, 0) is 74.1 Å². The third kappa shape index (κ3) is 8.89. The van der Waals surface area contributed by atoms with Gasteiger partial charge in [-0.25, -0.2) is 4.79 Å². The zero-order valence-electron chi connectivity index (χ0n) is 29.8. The molecule has 1 saturated carbocycles. The molecule has 0 bridgehead atoms. The van der Waals surface area contributed by atoms with Gasteiger partial charge in [0.15, 0.2) is 0 Å². The molecule has 2 aliphatic carbocycles. The van der Waals surface area contributed by atoms with Crippen LogP contribution in [0.15, 0.2) is 47.7 Å². The van der Waals surface area contributed by atoms with E-state index in [1.165, 1.54) is 7.11 Å². The lowest BCUT2D eigenvalue weighted by atomic mass is 9.55. The maximum atomic E-state index is 13.7. The zero-order valence-corrected chi connectivity index (χ0v) is 29.8. The van der Waals surface area contributed by atoms with E-state index in [2.05, 4.69) is 12.7 Å². The van der Waals surface area contributed by atoms with Crippen LogP contribution < -0.4 is 4.74 Å². The molecule has 1 aromatic carbocycles. The van der Waals surface area contributed by atoms with Crippen molar-refractivity contribution < 1.29 is 53.7 Å². The van der Waals surface area contributed by atoms with Crippen LogP contribution in [-0.4, -0.2) is 115 Å². The Morgan fingerprint density at radius 3 is 2.61 bits per heavy atom. The van der Waals surface area contributed by atoms with Gasteiger partial charge in [0.25, 0.3) is 0 Å². The second kappa shape index (κ2) is 19.0. The number of benzene rings is 1. The number of hydrogen-bond acceptors (Lipinski definition) is 12. The van der Waals surface area contributed by atoms with Crippen LogP contribution >= 0.6 is 0 Å². The normalized spacial score (nSPS) is 28.9. The summed E-state index contributed by atoms with van der Waals surface area (Å²) in [4.78, 5) is 21.4. The summed E-state index contributed by atoms with van der Waals surface area (Å²) in [6.45, 7) is 5.01. The van der Waals surface area contributed by atoms with Crippen LogP contribution in [0.4, 0.5) is 4.79 Å². The summed E-state index contributed by atoms with van der Waals surface area (Å²) in [5.74, 6) is -1.48. The predicted octanol–water partition coefficient (Wildman–Crippen LogP) is 4.63. The maximum absolute atomic E-state index is 13.7. The Labute approximate surface area is 300 Å². The van der Waals surface area contributed by atoms with Gasteiger partial charge >= 0.3 is 6.09 Å². The Balaban J connectivity index is 1.73. The first-order chi connectivity index (χ1) is 24.9. The fourth-order valence-electron chi connectivity index (χ4n) is 8.40. The molecular weight excluding hydrogens is 660 g/mol. The molecular formula is C38H56N2O11. The number of carbonyl (C=O) groups excluding carboxylic acids is 1. The lowest BCUT2D eigenvalue weighted by Crippen LogP contribution is -2.70. The number of ether oxygens (including phenoxy) is 5. The number of aliphatic hydroxyl groups excluding tert-OH is 3. The van der Waals surface area contributed by atoms with Crippen molar-refractivity contribution >= 4 is 11.8 Å². The second-order valence-corrected chi connectivity index (χ2v) is 13.7. The first-order valence-electron chi connectivity index (χ1n) is 18.5. The number of fused-ring (bicyclic) bond motifs is 2. The summed E-state index contributed by atoms with van der Waals surface area (Å²) >= 11 is 0. The topological polar surface area (TPSA) is 169 Å². The number of unbranched alkanes of at least 4 members (excludes halogenated alkanes) is 2. The van der Waals surface area contributed by atoms with Crippen molar-refractivity contribution in [3.8, 4) is 11.5 Å². The molecule has 1 unspecified atom stereocenters. The second-order valence-electron chi connectivity index (χ2n) is 13.7. The summed E-state index contributed by atoms with van der Waals surface area (Å²) in [5, 5.41) is 44.5. The van der Waals surface area contributed by atoms with Crippen molar-refractivity contribution in [3.63, 3.8) is 0 Å². The van der Waals surface area contributed by atoms with Gasteiger partial charge in [0.2, 0.25) is 12.1 Å². The Morgan fingerprint density at radius 2 is 1.90 bits per heavy atom. The van der Waals surface area contributed by atoms with Crippen molar-refractivity contribution in [3.05, 3.63) is 48.1 Å². The summed E-state index contributed by atoms with van der Waals surface area (Å²) in [5.41, 5.74) is 2.36. The van der Waals surface area contributed by atoms with Gasteiger partial charge in [0.1, 0.15) is 17.5 Å². The highest BCUT2D eigenvalue weighted by atomic mass is 16.8. The summed E-state index contributed by atoms with van der Waals surface area (Å²) in [6, 6.07) is 4.31. The number of oxime groups is 1. The van der Waals surface area contributed by atoms with E-state index in [0.29, 0.717) is 37.3 Å². The first kappa shape index (κ1) is 39.0. The Kier molecular flexibility index (Phi) is 14.6. The molecule has 2 heterocycles. The van der Waals surface area contributed by atoms with Crippen molar-refractivity contribution in [2.24, 2.45) is 22.9 Å². The molecule has 4 N–H and O–H groups in total. The van der Waals surface area contributed by atoms with Crippen LogP contribution in [0.1, 0.15) is 75.7 Å². The van der Waals surface area contributed by atoms with Crippen molar-refractivity contribution in [2.75, 3.05) is 59.9 Å². The van der Waals surface area contributed by atoms with E-state index >= 15 is 0 Å². The average Bonchev–Trinajstić information content (AvgIpc) is 3.15. The zero-order chi connectivity index (χ0) is 36.2. The number of hydrogen-bond donors (Lipinski definition) is 4. The molecule has 0 radical (unpaired) electrons. The SMILES string of the molecule is C=CCO[C@@]12Oc3ccc(O)cc3[C@H]3[C@H](CCCCO)[C@@H](CCCCO)C=C(C(=NOC4CCCCO4)C[C@@H]1N(CCOCCO)C(=O)OC)[C@H]32. The maximum Gasteiger partial charge on any atom is 0.410 e. The van der Waals surface area contributed by atoms with E-state index in [0.717, 1.165) is 49.7 Å². The molecule has 1 saturated heterocycles. The first-order valence-corrected chi connectivity index (χ1v) is 18.5. The van der Waals surface area contributed by atoms with Crippen molar-refractivity contribution in [2.45, 2.75) is 88.2 Å². The van der Waals surface area contributed by atoms with Crippen LogP contribution in [0.3, 0.4) is 0 Å². The monoisotopic (exact) mass is 716 g/mol. The molecule has 1 aromatic rings. The van der Waals surface area contributed by atoms with Gasteiger partial charge in [0.05, 0.1) is 51.8 Å². The summed E-state index contributed by atoms with van der Waals surface area (Å²) in [6.07, 6.45) is 10.1. The smallest absolute Gasteiger partial charge is 0.410 e. The highest BCUT2D eigenvalue weighted by molar-refractivity contribution is 6.02. The van der Waals surface area contributed by atoms with Crippen LogP contribution in [0.25, 0.3) is 0 Å². The molecule has 1 amide bonds. The number of aliphatic hydroxyl groups is 3. The van der Waals surface area contributed by atoms with Crippen LogP contribution in [0.5, 0.6) is 11.5 Å². The largest absolute Gasteiger partial charge is 0.508 e. The number of carbonyl (C=O) groups is 1. The number of methoxy groups -OCH3 is 1. The Hall–Kier alpha value is -3.20. The summed E-state index contributed by atoms with van der Waals surface area (Å²) in [7, 11) is 1.32. The fourth-order valence-corrected chi connectivity index (χ4v) is 8.40. The molecule has 2 fully saturated rings. The average molecular weight is 717 g/mol. The van der Waals surface area contributed by atoms with Gasteiger partial charge in [0, 0.05) is 44.1 Å². The number of allylic oxidation sites excluding steroid dienone is 1. The molecule has 2 aliphatic heterocycles. The molecule has 5 rings (SSSR count). The highest BCUT2D eigenvalue weighted by Crippen LogP contribution is 2.61. The minimum Gasteiger partial charge on any atom is -0.508 e. The van der Waals surface area contributed by atoms with Gasteiger partial charge in [-0.15, -0.1) is 6.58 Å². The molecule has 7 atom stereocenters. The van der Waals surface area contributed by atoms with Gasteiger partial charge in [-0.1, -0.05) is 30.1 Å². The molecule has 13 nitrogen and oxygen atoms in total. The van der Waals surface area contributed by atoms with E-state index in [-0.39, 0.29) is 76.1 Å². The number of amides is 1. The summed E-state index contributed by atoms with van der Waals surface area (Å²) < 4.78 is 30.7. The molecule has 284 valence electrons. The quantitative estimate of drug-likeness (QED) is 0.0895. The van der Waals surface area contributed by atoms with Gasteiger partial charge < -0.3 is 48.9 Å². The Morgan fingerprint density at radius 1 is 1.10 bits per heavy atom. The van der Waals surface area contributed by atoms with Crippen molar-refractivity contribution in [1.29, 1.82) is 0 Å². The van der Waals surface area contributed by atoms with E-state index < -0.39 is 30.1 Å². The highest BCUT2D eigenvalue weighted by Gasteiger charge is 2.65. The standard InChI is InChI=1S/C38H56N2O11/c1-3-19-49-38-33(40(37(45)46-2)15-21-47-22-18-43)25-31(39-51-34-12-6-9-20-48-34)29-23-26(10-4-7-16-41)28(11-5-8-17-42)35(36(29)38)30-24-27(44)13-14-32(30)50-38/h3,13-14,23-24,26,28,33-36,41-44H,1,4-12,15-22,25H2,2H3/t26-,28+,33-,34?,35+,36+,38+/m0/s1. The minimum atomic E-state index is -1.45. The third-order valence-electron chi connectivity index (χ3n) is 10.6. The Bertz CT molecular complexity index is 1350. The van der Waals surface area contributed by atoms with Crippen LogP contribution in [-0.2, 0) is 23.8 Å². The number of phenolic OH excluding ortho intramolecular Hbond substituents is 1. The molecule has 51 heavy (non-hydrogen) atoms. The molecule has 0 aromatic heterocycles. The number of phenols is 1. The van der Waals surface area contributed by atoms with E-state index in [9.17, 15) is 25.2 Å². The van der Waals surface area contributed by atoms with E-state index in [1.807, 2.05) is 0 Å². The van der Waals surface area contributed by atoms with E-state index in [4.69, 9.17) is 33.7 Å². The predicted molar refractivity (Wildman–Crippen MR) is 188 cm³/mol. The van der Waals surface area contributed by atoms with Gasteiger partial charge in [-0.2, -0.15) is 0 Å². The third-order valence-corrected chi connectivity index (χ3v) is 10.6. The van der Waals surface area contributed by atoms with Gasteiger partial charge in [-0.3, -0.25) is 4.90 Å². The number of aromatic hydroxyl groups is 1.